The predicted molar refractivity (Wildman–Crippen MR) is 102 cm³/mol. The minimum atomic E-state index is -0.503. The number of rotatable bonds is 7. The van der Waals surface area contributed by atoms with Crippen LogP contribution in [-0.4, -0.2) is 48.4 Å². The van der Waals surface area contributed by atoms with Crippen LogP contribution in [0.15, 0.2) is 48.5 Å². The minimum Gasteiger partial charge on any atom is -0.491 e. The second-order valence-electron chi connectivity index (χ2n) is 7.01. The lowest BCUT2D eigenvalue weighted by Gasteiger charge is -2.33. The van der Waals surface area contributed by atoms with Gasteiger partial charge in [-0.1, -0.05) is 12.1 Å². The van der Waals surface area contributed by atoms with Gasteiger partial charge in [0.2, 0.25) is 0 Å². The summed E-state index contributed by atoms with van der Waals surface area (Å²) in [6, 6.07) is 14.7. The molecule has 2 aromatic carbocycles. The van der Waals surface area contributed by atoms with Gasteiger partial charge < -0.3 is 20.1 Å². The Bertz CT molecular complexity index is 685. The third kappa shape index (κ3) is 5.71. The van der Waals surface area contributed by atoms with Crippen molar-refractivity contribution in [3.05, 3.63) is 59.9 Å². The Morgan fingerprint density at radius 2 is 1.92 bits per heavy atom. The van der Waals surface area contributed by atoms with Crippen LogP contribution < -0.4 is 10.1 Å². The number of halogens is 1. The van der Waals surface area contributed by atoms with E-state index >= 15 is 0 Å². The quantitative estimate of drug-likeness (QED) is 0.796. The maximum absolute atomic E-state index is 13.0. The van der Waals surface area contributed by atoms with Crippen LogP contribution in [0.3, 0.4) is 0 Å². The SMILES string of the molecule is Cc1cccc(OCC(O)CN2CCC(Nc3ccc(F)cc3)CC2)c1. The molecule has 1 aliphatic rings. The highest BCUT2D eigenvalue weighted by Crippen LogP contribution is 2.18. The van der Waals surface area contributed by atoms with Gasteiger partial charge in [-0.05, 0) is 61.7 Å². The molecule has 1 fully saturated rings. The van der Waals surface area contributed by atoms with Gasteiger partial charge in [0.15, 0.2) is 0 Å². The smallest absolute Gasteiger partial charge is 0.123 e. The van der Waals surface area contributed by atoms with E-state index in [1.165, 1.54) is 12.1 Å². The lowest BCUT2D eigenvalue weighted by molar-refractivity contribution is 0.0605. The summed E-state index contributed by atoms with van der Waals surface area (Å²) in [5, 5.41) is 13.7. The molecule has 0 aromatic heterocycles. The zero-order valence-electron chi connectivity index (χ0n) is 15.2. The van der Waals surface area contributed by atoms with E-state index in [2.05, 4.69) is 10.2 Å². The summed E-state index contributed by atoms with van der Waals surface area (Å²) in [6.45, 7) is 4.81. The highest BCUT2D eigenvalue weighted by molar-refractivity contribution is 5.43. The number of hydrogen-bond acceptors (Lipinski definition) is 4. The molecule has 1 heterocycles. The number of aliphatic hydroxyl groups is 1. The fourth-order valence-electron chi connectivity index (χ4n) is 3.29. The third-order valence-corrected chi connectivity index (χ3v) is 4.70. The van der Waals surface area contributed by atoms with Crippen LogP contribution in [0.1, 0.15) is 18.4 Å². The van der Waals surface area contributed by atoms with Gasteiger partial charge in [0.1, 0.15) is 24.3 Å². The number of aliphatic hydroxyl groups excluding tert-OH is 1. The van der Waals surface area contributed by atoms with Crippen molar-refractivity contribution in [2.75, 3.05) is 31.6 Å². The number of anilines is 1. The highest BCUT2D eigenvalue weighted by atomic mass is 19.1. The first-order valence-corrected chi connectivity index (χ1v) is 9.20. The first-order chi connectivity index (χ1) is 12.6. The van der Waals surface area contributed by atoms with Crippen molar-refractivity contribution in [1.82, 2.24) is 4.90 Å². The average molecular weight is 358 g/mol. The van der Waals surface area contributed by atoms with Crippen molar-refractivity contribution >= 4 is 5.69 Å². The summed E-state index contributed by atoms with van der Waals surface area (Å²) in [4.78, 5) is 2.27. The van der Waals surface area contributed by atoms with E-state index in [-0.39, 0.29) is 5.82 Å². The summed E-state index contributed by atoms with van der Waals surface area (Å²) < 4.78 is 18.6. The van der Waals surface area contributed by atoms with Gasteiger partial charge in [-0.2, -0.15) is 0 Å². The first-order valence-electron chi connectivity index (χ1n) is 9.20. The first kappa shape index (κ1) is 18.7. The standard InChI is InChI=1S/C21H27FN2O2/c1-16-3-2-4-21(13-16)26-15-20(25)14-24-11-9-19(10-12-24)23-18-7-5-17(22)6-8-18/h2-8,13,19-20,23,25H,9-12,14-15H2,1H3. The molecule has 2 aromatic rings. The Morgan fingerprint density at radius 3 is 2.62 bits per heavy atom. The van der Waals surface area contributed by atoms with E-state index in [0.717, 1.165) is 42.9 Å². The van der Waals surface area contributed by atoms with Crippen molar-refractivity contribution < 1.29 is 14.2 Å². The van der Waals surface area contributed by atoms with Crippen LogP contribution in [-0.2, 0) is 0 Å². The zero-order chi connectivity index (χ0) is 18.4. The van der Waals surface area contributed by atoms with Gasteiger partial charge >= 0.3 is 0 Å². The molecule has 2 N–H and O–H groups in total. The van der Waals surface area contributed by atoms with E-state index in [1.54, 1.807) is 12.1 Å². The molecule has 5 heteroatoms. The molecule has 4 nitrogen and oxygen atoms in total. The second-order valence-corrected chi connectivity index (χ2v) is 7.01. The minimum absolute atomic E-state index is 0.216. The Kier molecular flexibility index (Phi) is 6.47. The number of nitrogens with one attached hydrogen (secondary N) is 1. The van der Waals surface area contributed by atoms with Crippen LogP contribution in [0.25, 0.3) is 0 Å². The fourth-order valence-corrected chi connectivity index (χ4v) is 3.29. The van der Waals surface area contributed by atoms with Gasteiger partial charge in [-0.15, -0.1) is 0 Å². The molecule has 1 atom stereocenters. The second kappa shape index (κ2) is 9.01. The van der Waals surface area contributed by atoms with Crippen molar-refractivity contribution in [2.24, 2.45) is 0 Å². The Morgan fingerprint density at radius 1 is 1.19 bits per heavy atom. The molecule has 0 amide bonds. The maximum atomic E-state index is 13.0. The van der Waals surface area contributed by atoms with Gasteiger partial charge in [0, 0.05) is 31.4 Å². The number of ether oxygens (including phenoxy) is 1. The van der Waals surface area contributed by atoms with E-state index < -0.39 is 6.10 Å². The van der Waals surface area contributed by atoms with Crippen LogP contribution in [0.2, 0.25) is 0 Å². The Balaban J connectivity index is 1.37. The Labute approximate surface area is 154 Å². The van der Waals surface area contributed by atoms with Crippen LogP contribution >= 0.6 is 0 Å². The molecular weight excluding hydrogens is 331 g/mol. The van der Waals surface area contributed by atoms with Gasteiger partial charge in [0.05, 0.1) is 0 Å². The summed E-state index contributed by atoms with van der Waals surface area (Å²) >= 11 is 0. The fraction of sp³-hybridized carbons (Fsp3) is 0.429. The molecule has 140 valence electrons. The molecule has 3 rings (SSSR count). The van der Waals surface area contributed by atoms with E-state index in [4.69, 9.17) is 4.74 Å². The summed E-state index contributed by atoms with van der Waals surface area (Å²) in [6.07, 6.45) is 1.50. The molecule has 0 radical (unpaired) electrons. The number of piperidine rings is 1. The molecule has 0 bridgehead atoms. The summed E-state index contributed by atoms with van der Waals surface area (Å²) in [5.41, 5.74) is 2.10. The predicted octanol–water partition coefficient (Wildman–Crippen LogP) is 3.45. The van der Waals surface area contributed by atoms with Crippen molar-refractivity contribution in [1.29, 1.82) is 0 Å². The van der Waals surface area contributed by atoms with E-state index in [0.29, 0.717) is 19.2 Å². The van der Waals surface area contributed by atoms with Crippen LogP contribution in [0, 0.1) is 12.7 Å². The molecule has 1 aliphatic heterocycles. The molecule has 0 spiro atoms. The van der Waals surface area contributed by atoms with E-state index in [1.807, 2.05) is 31.2 Å². The highest BCUT2D eigenvalue weighted by Gasteiger charge is 2.21. The number of hydrogen-bond donors (Lipinski definition) is 2. The third-order valence-electron chi connectivity index (χ3n) is 4.70. The normalized spacial score (nSPS) is 17.0. The van der Waals surface area contributed by atoms with E-state index in [9.17, 15) is 9.50 Å². The van der Waals surface area contributed by atoms with Gasteiger partial charge in [-0.3, -0.25) is 0 Å². The largest absolute Gasteiger partial charge is 0.491 e. The molecule has 0 saturated carbocycles. The summed E-state index contributed by atoms with van der Waals surface area (Å²) in [5.74, 6) is 0.582. The summed E-state index contributed by atoms with van der Waals surface area (Å²) in [7, 11) is 0. The zero-order valence-corrected chi connectivity index (χ0v) is 15.2. The number of likely N-dealkylation sites (tertiary alicyclic amines) is 1. The van der Waals surface area contributed by atoms with Gasteiger partial charge in [0.25, 0.3) is 0 Å². The average Bonchev–Trinajstić information content (AvgIpc) is 2.64. The van der Waals surface area contributed by atoms with Gasteiger partial charge in [-0.25, -0.2) is 4.39 Å². The lowest BCUT2D eigenvalue weighted by atomic mass is 10.0. The van der Waals surface area contributed by atoms with Crippen molar-refractivity contribution in [2.45, 2.75) is 31.9 Å². The molecule has 26 heavy (non-hydrogen) atoms. The number of nitrogens with zero attached hydrogens (tertiary/aromatic N) is 1. The monoisotopic (exact) mass is 358 g/mol. The molecule has 1 unspecified atom stereocenters. The molecule has 1 saturated heterocycles. The van der Waals surface area contributed by atoms with Crippen LogP contribution in [0.5, 0.6) is 5.75 Å². The molecular formula is C21H27FN2O2. The maximum Gasteiger partial charge on any atom is 0.123 e. The number of aryl methyl sites for hydroxylation is 1. The number of benzene rings is 2. The topological polar surface area (TPSA) is 44.7 Å². The Hall–Kier alpha value is -2.11. The van der Waals surface area contributed by atoms with Crippen molar-refractivity contribution in [3.63, 3.8) is 0 Å². The number of β-amino-alcohol motifs (C(OH)–C–C–N with tert-alkyl or cyclic N) is 1. The lowest BCUT2D eigenvalue weighted by Crippen LogP contribution is -2.43. The van der Waals surface area contributed by atoms with Crippen molar-refractivity contribution in [3.8, 4) is 5.75 Å². The molecule has 0 aliphatic carbocycles. The van der Waals surface area contributed by atoms with Crippen LogP contribution in [0.4, 0.5) is 10.1 Å².